The number of likely N-dealkylation sites (tertiary alicyclic amines) is 1. The summed E-state index contributed by atoms with van der Waals surface area (Å²) in [6.07, 6.45) is 2.19. The number of aryl methyl sites for hydroxylation is 1. The van der Waals surface area contributed by atoms with Crippen molar-refractivity contribution in [3.63, 3.8) is 0 Å². The summed E-state index contributed by atoms with van der Waals surface area (Å²) < 4.78 is 14.8. The Kier molecular flexibility index (Phi) is 5.09. The summed E-state index contributed by atoms with van der Waals surface area (Å²) in [5.41, 5.74) is 2.98. The molecule has 0 spiro atoms. The normalized spacial score (nSPS) is 17.9. The Hall–Kier alpha value is -2.45. The molecule has 3 heterocycles. The smallest absolute Gasteiger partial charge is 0.180 e. The highest BCUT2D eigenvalue weighted by Gasteiger charge is 2.28. The van der Waals surface area contributed by atoms with Crippen LogP contribution in [-0.2, 0) is 6.54 Å². The maximum atomic E-state index is 9.78. The molecule has 1 N–H and O–H groups in total. The SMILES string of the molecule is COc1cc(CN2CCCC(c3nnsc3-c3cc(C)no3)C2)ccc1O. The number of phenols is 1. The highest BCUT2D eigenvalue weighted by Crippen LogP contribution is 2.36. The van der Waals surface area contributed by atoms with Crippen molar-refractivity contribution < 1.29 is 14.4 Å². The van der Waals surface area contributed by atoms with Crippen LogP contribution in [0.5, 0.6) is 11.5 Å². The van der Waals surface area contributed by atoms with Crippen molar-refractivity contribution in [3.05, 3.63) is 41.2 Å². The van der Waals surface area contributed by atoms with E-state index in [1.807, 2.05) is 25.1 Å². The molecule has 142 valence electrons. The highest BCUT2D eigenvalue weighted by atomic mass is 32.1. The van der Waals surface area contributed by atoms with Gasteiger partial charge in [0.1, 0.15) is 4.88 Å². The van der Waals surface area contributed by atoms with Gasteiger partial charge in [0.25, 0.3) is 0 Å². The minimum atomic E-state index is 0.165. The maximum absolute atomic E-state index is 9.78. The Labute approximate surface area is 161 Å². The van der Waals surface area contributed by atoms with E-state index < -0.39 is 0 Å². The fourth-order valence-corrected chi connectivity index (χ4v) is 4.30. The van der Waals surface area contributed by atoms with Gasteiger partial charge >= 0.3 is 0 Å². The lowest BCUT2D eigenvalue weighted by atomic mass is 9.93. The number of benzene rings is 1. The van der Waals surface area contributed by atoms with Crippen molar-refractivity contribution in [2.24, 2.45) is 0 Å². The number of nitrogens with zero attached hydrogens (tertiary/aromatic N) is 4. The second-order valence-corrected chi connectivity index (χ2v) is 7.65. The van der Waals surface area contributed by atoms with E-state index in [2.05, 4.69) is 19.6 Å². The molecular formula is C19H22N4O3S. The summed E-state index contributed by atoms with van der Waals surface area (Å²) in [5, 5.41) is 18.2. The van der Waals surface area contributed by atoms with Gasteiger partial charge in [-0.05, 0) is 55.5 Å². The molecule has 2 aromatic heterocycles. The summed E-state index contributed by atoms with van der Waals surface area (Å²) in [4.78, 5) is 3.39. The fourth-order valence-electron chi connectivity index (χ4n) is 3.61. The van der Waals surface area contributed by atoms with E-state index in [0.29, 0.717) is 11.7 Å². The molecule has 1 aliphatic rings. The van der Waals surface area contributed by atoms with Crippen LogP contribution in [-0.4, -0.2) is 44.9 Å². The molecule has 1 aliphatic heterocycles. The minimum Gasteiger partial charge on any atom is -0.504 e. The molecule has 7 nitrogen and oxygen atoms in total. The zero-order valence-electron chi connectivity index (χ0n) is 15.4. The van der Waals surface area contributed by atoms with Crippen LogP contribution in [0.2, 0.25) is 0 Å². The summed E-state index contributed by atoms with van der Waals surface area (Å²) in [7, 11) is 1.57. The lowest BCUT2D eigenvalue weighted by Crippen LogP contribution is -2.34. The topological polar surface area (TPSA) is 84.5 Å². The first-order chi connectivity index (χ1) is 13.1. The Bertz CT molecular complexity index is 923. The van der Waals surface area contributed by atoms with Crippen LogP contribution in [0.3, 0.4) is 0 Å². The van der Waals surface area contributed by atoms with Gasteiger partial charge < -0.3 is 14.4 Å². The second kappa shape index (κ2) is 7.66. The quantitative estimate of drug-likeness (QED) is 0.717. The van der Waals surface area contributed by atoms with Crippen LogP contribution in [0.4, 0.5) is 0 Å². The predicted octanol–water partition coefficient (Wildman–Crippen LogP) is 3.60. The molecule has 1 saturated heterocycles. The molecule has 0 aliphatic carbocycles. The Morgan fingerprint density at radius 2 is 2.26 bits per heavy atom. The molecule has 1 unspecified atom stereocenters. The van der Waals surface area contributed by atoms with Crippen LogP contribution in [0.15, 0.2) is 28.8 Å². The van der Waals surface area contributed by atoms with Crippen molar-refractivity contribution in [2.45, 2.75) is 32.2 Å². The Morgan fingerprint density at radius 1 is 1.37 bits per heavy atom. The number of aromatic nitrogens is 3. The molecular weight excluding hydrogens is 364 g/mol. The number of hydrogen-bond acceptors (Lipinski definition) is 8. The lowest BCUT2D eigenvalue weighted by Gasteiger charge is -2.32. The highest BCUT2D eigenvalue weighted by molar-refractivity contribution is 7.09. The largest absolute Gasteiger partial charge is 0.504 e. The summed E-state index contributed by atoms with van der Waals surface area (Å²) in [6.45, 7) is 4.67. The van der Waals surface area contributed by atoms with Gasteiger partial charge in [-0.15, -0.1) is 5.10 Å². The third-order valence-electron chi connectivity index (χ3n) is 4.91. The van der Waals surface area contributed by atoms with Gasteiger partial charge in [0.05, 0.1) is 18.5 Å². The Morgan fingerprint density at radius 3 is 3.04 bits per heavy atom. The van der Waals surface area contributed by atoms with Gasteiger partial charge in [-0.2, -0.15) is 0 Å². The zero-order valence-corrected chi connectivity index (χ0v) is 16.2. The average Bonchev–Trinajstić information content (AvgIpc) is 3.32. The minimum absolute atomic E-state index is 0.165. The zero-order chi connectivity index (χ0) is 18.8. The van der Waals surface area contributed by atoms with Crippen LogP contribution >= 0.6 is 11.5 Å². The molecule has 1 fully saturated rings. The van der Waals surface area contributed by atoms with Crippen molar-refractivity contribution in [3.8, 4) is 22.1 Å². The van der Waals surface area contributed by atoms with E-state index in [1.165, 1.54) is 11.5 Å². The van der Waals surface area contributed by atoms with Gasteiger partial charge in [-0.1, -0.05) is 15.7 Å². The summed E-state index contributed by atoms with van der Waals surface area (Å²) >= 11 is 1.36. The molecule has 0 saturated carbocycles. The first-order valence-corrected chi connectivity index (χ1v) is 9.75. The molecule has 4 rings (SSSR count). The molecule has 27 heavy (non-hydrogen) atoms. The molecule has 8 heteroatoms. The third kappa shape index (κ3) is 3.81. The van der Waals surface area contributed by atoms with Gasteiger partial charge in [0, 0.05) is 25.1 Å². The van der Waals surface area contributed by atoms with Crippen molar-refractivity contribution in [1.82, 2.24) is 19.6 Å². The number of phenolic OH excluding ortho intramolecular Hbond substituents is 1. The predicted molar refractivity (Wildman–Crippen MR) is 102 cm³/mol. The van der Waals surface area contributed by atoms with Gasteiger partial charge in [0.2, 0.25) is 0 Å². The van der Waals surface area contributed by atoms with Crippen molar-refractivity contribution in [1.29, 1.82) is 0 Å². The molecule has 0 amide bonds. The van der Waals surface area contributed by atoms with Crippen LogP contribution in [0, 0.1) is 6.92 Å². The van der Waals surface area contributed by atoms with Gasteiger partial charge in [-0.3, -0.25) is 4.90 Å². The Balaban J connectivity index is 1.50. The van der Waals surface area contributed by atoms with Crippen LogP contribution in [0.25, 0.3) is 10.6 Å². The average molecular weight is 386 g/mol. The number of aromatic hydroxyl groups is 1. The van der Waals surface area contributed by atoms with E-state index in [1.54, 1.807) is 13.2 Å². The van der Waals surface area contributed by atoms with E-state index in [9.17, 15) is 5.11 Å². The molecule has 0 bridgehead atoms. The van der Waals surface area contributed by atoms with E-state index in [-0.39, 0.29) is 5.75 Å². The molecule has 1 atom stereocenters. The fraction of sp³-hybridized carbons (Fsp3) is 0.421. The van der Waals surface area contributed by atoms with E-state index in [4.69, 9.17) is 9.26 Å². The number of rotatable bonds is 5. The standard InChI is InChI=1S/C19H22N4O3S/c1-12-8-17(26-21-12)19-18(20-22-27-19)14-4-3-7-23(11-14)10-13-5-6-15(24)16(9-13)25-2/h5-6,8-9,14,24H,3-4,7,10-11H2,1-2H3. The van der Waals surface area contributed by atoms with Gasteiger partial charge in [0.15, 0.2) is 17.3 Å². The number of methoxy groups -OCH3 is 1. The third-order valence-corrected chi connectivity index (χ3v) is 5.66. The molecule has 0 radical (unpaired) electrons. The number of ether oxygens (including phenoxy) is 1. The summed E-state index contributed by atoms with van der Waals surface area (Å²) in [5.74, 6) is 1.74. The van der Waals surface area contributed by atoms with E-state index in [0.717, 1.165) is 60.1 Å². The molecule has 3 aromatic rings. The number of hydrogen-bond donors (Lipinski definition) is 1. The summed E-state index contributed by atoms with van der Waals surface area (Å²) in [6, 6.07) is 7.45. The first-order valence-electron chi connectivity index (χ1n) is 8.98. The first kappa shape index (κ1) is 17.9. The second-order valence-electron chi connectivity index (χ2n) is 6.90. The van der Waals surface area contributed by atoms with E-state index >= 15 is 0 Å². The lowest BCUT2D eigenvalue weighted by molar-refractivity contribution is 0.198. The van der Waals surface area contributed by atoms with Crippen molar-refractivity contribution in [2.75, 3.05) is 20.2 Å². The van der Waals surface area contributed by atoms with Gasteiger partial charge in [-0.25, -0.2) is 0 Å². The monoisotopic (exact) mass is 386 g/mol. The van der Waals surface area contributed by atoms with Crippen LogP contribution < -0.4 is 4.74 Å². The van der Waals surface area contributed by atoms with Crippen molar-refractivity contribution >= 4 is 11.5 Å². The van der Waals surface area contributed by atoms with Crippen LogP contribution in [0.1, 0.15) is 35.7 Å². The maximum Gasteiger partial charge on any atom is 0.180 e. The molecule has 1 aromatic carbocycles. The number of piperidine rings is 1.